The summed E-state index contributed by atoms with van der Waals surface area (Å²) < 4.78 is 0. The first-order valence-corrected chi connectivity index (χ1v) is 13.4. The zero-order valence-electron chi connectivity index (χ0n) is 24.3. The first kappa shape index (κ1) is 31.5. The Kier molecular flexibility index (Phi) is 10.8. The smallest absolute Gasteiger partial charge is 0.872 e. The van der Waals surface area contributed by atoms with Gasteiger partial charge in [0.2, 0.25) is 6.67 Å². The van der Waals surface area contributed by atoms with Gasteiger partial charge in [0, 0.05) is 29.3 Å². The van der Waals surface area contributed by atoms with Crippen molar-refractivity contribution >= 4 is 22.9 Å². The van der Waals surface area contributed by atoms with Crippen molar-refractivity contribution in [3.63, 3.8) is 0 Å². The third-order valence-electron chi connectivity index (χ3n) is 6.71. The predicted molar refractivity (Wildman–Crippen MR) is 164 cm³/mol. The zero-order chi connectivity index (χ0) is 28.8. The molecule has 1 aliphatic heterocycles. The van der Waals surface area contributed by atoms with E-state index in [2.05, 4.69) is 94.7 Å². The molecular weight excluding hydrogens is 556 g/mol. The average Bonchev–Trinajstić information content (AvgIpc) is 3.37. The van der Waals surface area contributed by atoms with E-state index < -0.39 is 0 Å². The molecule has 4 aromatic rings. The number of rotatable bonds is 5. The van der Waals surface area contributed by atoms with Gasteiger partial charge in [-0.05, 0) is 75.4 Å². The molecule has 4 nitrogen and oxygen atoms in total. The van der Waals surface area contributed by atoms with Gasteiger partial charge in [-0.1, -0.05) is 102 Å². The quantitative estimate of drug-likeness (QED) is 0.104. The fourth-order valence-corrected chi connectivity index (χ4v) is 5.16. The van der Waals surface area contributed by atoms with E-state index in [0.29, 0.717) is 11.1 Å². The number of nitrogens with zero attached hydrogens (tertiary/aromatic N) is 2. The predicted octanol–water partition coefficient (Wildman–Crippen LogP) is 7.60. The van der Waals surface area contributed by atoms with E-state index in [-0.39, 0.29) is 28.6 Å². The maximum Gasteiger partial charge on any atom is 1.00 e. The van der Waals surface area contributed by atoms with E-state index in [4.69, 9.17) is 0 Å². The maximum absolute atomic E-state index is 11.8. The molecule has 0 aliphatic carbocycles. The van der Waals surface area contributed by atoms with Crippen molar-refractivity contribution in [1.82, 2.24) is 0 Å². The summed E-state index contributed by atoms with van der Waals surface area (Å²) in [6.45, 7) is 16.4. The van der Waals surface area contributed by atoms with Crippen molar-refractivity contribution in [3.05, 3.63) is 155 Å². The number of carbonyl (C=O) groups excluding carboxylic acids is 1. The molecule has 2 radical (unpaired) electrons. The fraction of sp³-hybridized carbons (Fsp3) is 0.167. The molecule has 0 fully saturated rings. The van der Waals surface area contributed by atoms with Crippen LogP contribution in [0, 0.1) is 48.2 Å². The van der Waals surface area contributed by atoms with Gasteiger partial charge < -0.3 is 14.9 Å². The summed E-state index contributed by atoms with van der Waals surface area (Å²) in [6, 6.07) is 26.4. The van der Waals surface area contributed by atoms with Gasteiger partial charge in [-0.2, -0.15) is 0 Å². The van der Waals surface area contributed by atoms with Crippen molar-refractivity contribution in [2.75, 3.05) is 9.80 Å². The zero-order valence-corrected chi connectivity index (χ0v) is 25.3. The molecule has 0 atom stereocenters. The van der Waals surface area contributed by atoms with Crippen LogP contribution in [0.1, 0.15) is 49.3 Å². The van der Waals surface area contributed by atoms with Gasteiger partial charge in [0.05, 0.1) is 0 Å². The number of aryl methyl sites for hydroxylation is 6. The van der Waals surface area contributed by atoms with Crippen LogP contribution in [0.4, 0.5) is 11.4 Å². The van der Waals surface area contributed by atoms with Crippen LogP contribution in [0.5, 0.6) is 0 Å². The van der Waals surface area contributed by atoms with Crippen LogP contribution in [0.2, 0.25) is 0 Å². The Bertz CT molecular complexity index is 1450. The van der Waals surface area contributed by atoms with Crippen LogP contribution < -0.4 is 14.9 Å². The molecule has 0 N–H and O–H groups in total. The first-order valence-electron chi connectivity index (χ1n) is 13.4. The van der Waals surface area contributed by atoms with Crippen LogP contribution in [0.3, 0.4) is 0 Å². The molecule has 1 aliphatic rings. The minimum atomic E-state index is -0.264. The molecule has 0 saturated carbocycles. The van der Waals surface area contributed by atoms with Crippen molar-refractivity contribution < 1.29 is 27.0 Å². The largest absolute Gasteiger partial charge is 1.00 e. The van der Waals surface area contributed by atoms with Gasteiger partial charge in [-0.25, -0.2) is 0 Å². The maximum atomic E-state index is 11.8. The number of ketones is 1. The summed E-state index contributed by atoms with van der Waals surface area (Å²) in [6.07, 6.45) is 5.30. The number of carbonyl (C=O) groups is 1. The Labute approximate surface area is 255 Å². The van der Waals surface area contributed by atoms with Gasteiger partial charge >= 0.3 is 17.1 Å². The number of hydrogen-bond acceptors (Lipinski definition) is 4. The van der Waals surface area contributed by atoms with Crippen molar-refractivity contribution in [3.8, 4) is 0 Å². The van der Waals surface area contributed by atoms with Crippen LogP contribution in [-0.2, 0) is 17.1 Å². The van der Waals surface area contributed by atoms with E-state index >= 15 is 0 Å². The Hall–Kier alpha value is -4.05. The number of anilines is 2. The molecule has 212 valence electrons. The Morgan fingerprint density at radius 2 is 1.00 bits per heavy atom. The number of benzene rings is 4. The van der Waals surface area contributed by atoms with E-state index in [9.17, 15) is 9.90 Å². The first-order chi connectivity index (χ1) is 19.1. The van der Waals surface area contributed by atoms with Gasteiger partial charge in [-0.15, -0.1) is 0 Å². The standard InChI is InChI=1S/C21H24N2.C15H12O2.Cu/c1-14-9-16(3)20(17(4)10-14)22-7-8-23(13-22)21-18(5)11-15(2)12-19(21)6;16-14(12-7-3-1-4-8-12)11-15(17)13-9-5-2-6-10-13;/h7-12H,1-6H3;1-11,16H;/q;;+1/p-1/b;14-11-;. The summed E-state index contributed by atoms with van der Waals surface area (Å²) in [7, 11) is 0. The SMILES string of the molecule is Cc1cc(C)c(N2[C]N(c3c(C)cc(C)cc3C)C=C2)c(C)c1.O=C(/C=C(\[O-])c1ccccc1)c1ccccc1.[Cu+]. The summed E-state index contributed by atoms with van der Waals surface area (Å²) in [5.41, 5.74) is 11.2. The van der Waals surface area contributed by atoms with Crippen molar-refractivity contribution in [2.24, 2.45) is 0 Å². The Morgan fingerprint density at radius 1 is 0.634 bits per heavy atom. The number of hydrogen-bond donors (Lipinski definition) is 0. The van der Waals surface area contributed by atoms with Gasteiger partial charge in [0.25, 0.3) is 0 Å². The molecule has 0 bridgehead atoms. The molecule has 0 saturated heterocycles. The minimum Gasteiger partial charge on any atom is -0.872 e. The molecule has 41 heavy (non-hydrogen) atoms. The molecule has 1 heterocycles. The third-order valence-corrected chi connectivity index (χ3v) is 6.71. The van der Waals surface area contributed by atoms with Crippen molar-refractivity contribution in [2.45, 2.75) is 41.5 Å². The molecule has 5 rings (SSSR count). The Balaban J connectivity index is 0.000000230. The second kappa shape index (κ2) is 14.0. The normalized spacial score (nSPS) is 12.5. The molecule has 4 aromatic carbocycles. The molecule has 0 aromatic heterocycles. The van der Waals surface area contributed by atoms with Crippen LogP contribution in [0.25, 0.3) is 5.76 Å². The topological polar surface area (TPSA) is 46.6 Å². The number of allylic oxidation sites excluding steroid dienone is 1. The van der Waals surface area contributed by atoms with E-state index in [1.54, 1.807) is 48.5 Å². The van der Waals surface area contributed by atoms with Gasteiger partial charge in [-0.3, -0.25) is 4.79 Å². The molecule has 5 heteroatoms. The third kappa shape index (κ3) is 7.79. The molecule has 0 amide bonds. The van der Waals surface area contributed by atoms with Crippen LogP contribution >= 0.6 is 0 Å². The summed E-state index contributed by atoms with van der Waals surface area (Å²) in [4.78, 5) is 16.0. The van der Waals surface area contributed by atoms with E-state index in [1.165, 1.54) is 44.8 Å². The minimum absolute atomic E-state index is 0. The summed E-state index contributed by atoms with van der Waals surface area (Å²) >= 11 is 0. The van der Waals surface area contributed by atoms with Crippen LogP contribution in [-0.4, -0.2) is 5.78 Å². The van der Waals surface area contributed by atoms with Gasteiger partial charge in [0.15, 0.2) is 5.78 Å². The second-order valence-corrected chi connectivity index (χ2v) is 10.2. The molecule has 0 unspecified atom stereocenters. The monoisotopic (exact) mass is 590 g/mol. The van der Waals surface area contributed by atoms with E-state index in [0.717, 1.165) is 6.08 Å². The second-order valence-electron chi connectivity index (χ2n) is 10.2. The van der Waals surface area contributed by atoms with E-state index in [1.807, 2.05) is 12.1 Å². The summed E-state index contributed by atoms with van der Waals surface area (Å²) in [5, 5.41) is 11.8. The molecular formula is C36H35CuN2O2. The average molecular weight is 591 g/mol. The van der Waals surface area contributed by atoms with Crippen molar-refractivity contribution in [1.29, 1.82) is 0 Å². The molecule has 0 spiro atoms. The summed E-state index contributed by atoms with van der Waals surface area (Å²) in [5.74, 6) is -0.529. The van der Waals surface area contributed by atoms with Gasteiger partial charge in [0.1, 0.15) is 0 Å². The fourth-order valence-electron chi connectivity index (χ4n) is 5.16. The Morgan fingerprint density at radius 3 is 1.39 bits per heavy atom. The van der Waals surface area contributed by atoms with Crippen LogP contribution in [0.15, 0.2) is 103 Å².